The highest BCUT2D eigenvalue weighted by Gasteiger charge is 2.22. The molecule has 5 nitrogen and oxygen atoms in total. The molecule has 0 saturated carbocycles. The zero-order chi connectivity index (χ0) is 25.7. The van der Waals surface area contributed by atoms with Gasteiger partial charge in [-0.3, -0.25) is 9.69 Å². The number of benzene rings is 2. The van der Waals surface area contributed by atoms with E-state index in [9.17, 15) is 4.79 Å². The van der Waals surface area contributed by atoms with Crippen LogP contribution in [0.5, 0.6) is 0 Å². The van der Waals surface area contributed by atoms with Gasteiger partial charge >= 0.3 is 0 Å². The van der Waals surface area contributed by atoms with E-state index in [1.54, 1.807) is 0 Å². The molecule has 3 aromatic rings. The van der Waals surface area contributed by atoms with Gasteiger partial charge in [0, 0.05) is 49.2 Å². The van der Waals surface area contributed by atoms with Crippen LogP contribution in [0.3, 0.4) is 0 Å². The third-order valence-corrected chi connectivity index (χ3v) is 7.35. The maximum absolute atomic E-state index is 11.8. The number of anilines is 1. The van der Waals surface area contributed by atoms with Crippen LogP contribution in [0.4, 0.5) is 5.69 Å². The molecule has 0 bridgehead atoms. The first kappa shape index (κ1) is 26.7. The van der Waals surface area contributed by atoms with Crippen LogP contribution in [0.2, 0.25) is 5.15 Å². The van der Waals surface area contributed by atoms with Gasteiger partial charge in [0.1, 0.15) is 5.82 Å². The SMILES string of the molecule is CCCCn1c(-c2ccccc2C)nc(Cl)c1CN(CCC(C)Cl)Cc1ccc2c(c1)CCC(=O)N2. The number of amides is 1. The smallest absolute Gasteiger partial charge is 0.224 e. The van der Waals surface area contributed by atoms with E-state index in [0.29, 0.717) is 18.1 Å². The number of hydrogen-bond acceptors (Lipinski definition) is 3. The predicted octanol–water partition coefficient (Wildman–Crippen LogP) is 7.22. The van der Waals surface area contributed by atoms with Gasteiger partial charge in [0.2, 0.25) is 5.91 Å². The van der Waals surface area contributed by atoms with Crippen molar-refractivity contribution in [3.05, 3.63) is 70.0 Å². The van der Waals surface area contributed by atoms with E-state index in [0.717, 1.165) is 68.1 Å². The van der Waals surface area contributed by atoms with Crippen molar-refractivity contribution in [1.82, 2.24) is 14.5 Å². The van der Waals surface area contributed by atoms with Gasteiger partial charge in [-0.25, -0.2) is 4.98 Å². The Morgan fingerprint density at radius 1 is 1.17 bits per heavy atom. The van der Waals surface area contributed by atoms with Crippen molar-refractivity contribution in [2.45, 2.75) is 77.9 Å². The summed E-state index contributed by atoms with van der Waals surface area (Å²) in [6, 6.07) is 14.7. The lowest BCUT2D eigenvalue weighted by atomic mass is 10.00. The molecule has 1 aromatic heterocycles. The molecule has 2 heterocycles. The minimum absolute atomic E-state index is 0.0902. The molecule has 0 aliphatic carbocycles. The fourth-order valence-electron chi connectivity index (χ4n) is 4.77. The molecular formula is C29H36Cl2N4O. The van der Waals surface area contributed by atoms with Crippen molar-refractivity contribution in [3.8, 4) is 11.4 Å². The number of aromatic nitrogens is 2. The number of alkyl halides is 1. The summed E-state index contributed by atoms with van der Waals surface area (Å²) in [4.78, 5) is 19.0. The van der Waals surface area contributed by atoms with Gasteiger partial charge in [0.15, 0.2) is 5.15 Å². The zero-order valence-electron chi connectivity index (χ0n) is 21.5. The molecule has 1 aliphatic rings. The fraction of sp³-hybridized carbons (Fsp3) is 0.448. The van der Waals surface area contributed by atoms with Crippen molar-refractivity contribution in [3.63, 3.8) is 0 Å². The molecule has 1 N–H and O–H groups in total. The second-order valence-corrected chi connectivity index (χ2v) is 10.9. The zero-order valence-corrected chi connectivity index (χ0v) is 23.0. The number of halogens is 2. The minimum atomic E-state index is 0.0902. The van der Waals surface area contributed by atoms with Crippen LogP contribution in [-0.2, 0) is 30.8 Å². The van der Waals surface area contributed by atoms with Gasteiger partial charge < -0.3 is 9.88 Å². The number of rotatable bonds is 11. The molecule has 0 radical (unpaired) electrons. The van der Waals surface area contributed by atoms with E-state index in [-0.39, 0.29) is 11.3 Å². The first-order valence-corrected chi connectivity index (χ1v) is 13.8. The van der Waals surface area contributed by atoms with Crippen molar-refractivity contribution in [1.29, 1.82) is 0 Å². The Bertz CT molecular complexity index is 1200. The average Bonchev–Trinajstić information content (AvgIpc) is 3.16. The van der Waals surface area contributed by atoms with Crippen molar-refractivity contribution in [2.75, 3.05) is 11.9 Å². The summed E-state index contributed by atoms with van der Waals surface area (Å²) < 4.78 is 2.31. The van der Waals surface area contributed by atoms with Crippen LogP contribution in [0.1, 0.15) is 61.9 Å². The second kappa shape index (κ2) is 12.3. The predicted molar refractivity (Wildman–Crippen MR) is 150 cm³/mol. The lowest BCUT2D eigenvalue weighted by Crippen LogP contribution is -2.27. The number of nitrogens with zero attached hydrogens (tertiary/aromatic N) is 3. The van der Waals surface area contributed by atoms with Gasteiger partial charge in [0.25, 0.3) is 0 Å². The van der Waals surface area contributed by atoms with Crippen LogP contribution < -0.4 is 5.32 Å². The van der Waals surface area contributed by atoms with Gasteiger partial charge in [-0.05, 0) is 55.9 Å². The molecule has 7 heteroatoms. The lowest BCUT2D eigenvalue weighted by Gasteiger charge is -2.25. The molecule has 0 spiro atoms. The summed E-state index contributed by atoms with van der Waals surface area (Å²) in [7, 11) is 0. The Labute approximate surface area is 224 Å². The largest absolute Gasteiger partial charge is 0.326 e. The third kappa shape index (κ3) is 6.50. The number of unbranched alkanes of at least 4 members (excludes halogenated alkanes) is 1. The molecular weight excluding hydrogens is 491 g/mol. The molecule has 4 rings (SSSR count). The first-order chi connectivity index (χ1) is 17.4. The second-order valence-electron chi connectivity index (χ2n) is 9.81. The van der Waals surface area contributed by atoms with Crippen molar-refractivity contribution < 1.29 is 4.79 Å². The molecule has 0 saturated heterocycles. The number of carbonyl (C=O) groups is 1. The number of aryl methyl sites for hydroxylation is 2. The number of fused-ring (bicyclic) bond motifs is 1. The third-order valence-electron chi connectivity index (χ3n) is 6.83. The first-order valence-electron chi connectivity index (χ1n) is 12.9. The number of carbonyl (C=O) groups excluding carboxylic acids is 1. The summed E-state index contributed by atoms with van der Waals surface area (Å²) >= 11 is 13.2. The number of imidazole rings is 1. The van der Waals surface area contributed by atoms with Crippen LogP contribution in [-0.4, -0.2) is 32.3 Å². The van der Waals surface area contributed by atoms with E-state index in [4.69, 9.17) is 28.2 Å². The standard InChI is InChI=1S/C29H36Cl2N4O/c1-4-5-15-35-26(28(31)33-29(35)24-9-7-6-8-20(24)2)19-34(16-14-21(3)30)18-22-10-12-25-23(17-22)11-13-27(36)32-25/h6-10,12,17,21H,4-5,11,13-16,18-19H2,1-3H3,(H,32,36). The molecule has 1 aliphatic heterocycles. The Morgan fingerprint density at radius 3 is 2.72 bits per heavy atom. The molecule has 0 fully saturated rings. The molecule has 36 heavy (non-hydrogen) atoms. The summed E-state index contributed by atoms with van der Waals surface area (Å²) in [5.74, 6) is 1.03. The quantitative estimate of drug-likeness (QED) is 0.268. The average molecular weight is 528 g/mol. The van der Waals surface area contributed by atoms with E-state index in [1.165, 1.54) is 16.7 Å². The topological polar surface area (TPSA) is 50.2 Å². The lowest BCUT2D eigenvalue weighted by molar-refractivity contribution is -0.116. The summed E-state index contributed by atoms with van der Waals surface area (Å²) in [5.41, 5.74) is 6.72. The Morgan fingerprint density at radius 2 is 1.97 bits per heavy atom. The van der Waals surface area contributed by atoms with Gasteiger partial charge in [-0.2, -0.15) is 0 Å². The highest BCUT2D eigenvalue weighted by Crippen LogP contribution is 2.30. The van der Waals surface area contributed by atoms with E-state index < -0.39 is 0 Å². The van der Waals surface area contributed by atoms with Crippen molar-refractivity contribution >= 4 is 34.8 Å². The summed E-state index contributed by atoms with van der Waals surface area (Å²) in [6.07, 6.45) is 4.37. The minimum Gasteiger partial charge on any atom is -0.326 e. The van der Waals surface area contributed by atoms with Gasteiger partial charge in [-0.1, -0.05) is 61.3 Å². The Hall–Kier alpha value is -2.34. The maximum atomic E-state index is 11.8. The summed E-state index contributed by atoms with van der Waals surface area (Å²) in [6.45, 7) is 9.57. The molecule has 192 valence electrons. The maximum Gasteiger partial charge on any atom is 0.224 e. The summed E-state index contributed by atoms with van der Waals surface area (Å²) in [5, 5.41) is 3.64. The van der Waals surface area contributed by atoms with Crippen molar-refractivity contribution in [2.24, 2.45) is 0 Å². The number of hydrogen-bond donors (Lipinski definition) is 1. The Kier molecular flexibility index (Phi) is 9.10. The van der Waals surface area contributed by atoms with Crippen LogP contribution in [0.15, 0.2) is 42.5 Å². The highest BCUT2D eigenvalue weighted by atomic mass is 35.5. The van der Waals surface area contributed by atoms with E-state index in [1.807, 2.05) is 13.0 Å². The van der Waals surface area contributed by atoms with Gasteiger partial charge in [0.05, 0.1) is 5.69 Å². The Balaban J connectivity index is 1.64. The van der Waals surface area contributed by atoms with Gasteiger partial charge in [-0.15, -0.1) is 11.6 Å². The van der Waals surface area contributed by atoms with Crippen LogP contribution in [0, 0.1) is 6.92 Å². The molecule has 1 atom stereocenters. The molecule has 1 unspecified atom stereocenters. The fourth-order valence-corrected chi connectivity index (χ4v) is 5.11. The number of nitrogens with one attached hydrogen (secondary N) is 1. The van der Waals surface area contributed by atoms with E-state index >= 15 is 0 Å². The normalized spacial score (nSPS) is 14.1. The monoisotopic (exact) mass is 526 g/mol. The van der Waals surface area contributed by atoms with Crippen LogP contribution >= 0.6 is 23.2 Å². The molecule has 1 amide bonds. The molecule has 2 aromatic carbocycles. The van der Waals surface area contributed by atoms with Crippen LogP contribution in [0.25, 0.3) is 11.4 Å². The highest BCUT2D eigenvalue weighted by molar-refractivity contribution is 6.30. The van der Waals surface area contributed by atoms with E-state index in [2.05, 4.69) is 65.0 Å².